The number of anilines is 1. The molecule has 0 saturated heterocycles. The van der Waals surface area contributed by atoms with Crippen LogP contribution in [0.25, 0.3) is 0 Å². The van der Waals surface area contributed by atoms with Gasteiger partial charge in [0.15, 0.2) is 5.78 Å². The van der Waals surface area contributed by atoms with E-state index in [0.29, 0.717) is 17.7 Å². The second-order valence-corrected chi connectivity index (χ2v) is 9.71. The fourth-order valence-corrected chi connectivity index (χ4v) is 4.54. The number of hydrogen-bond acceptors (Lipinski definition) is 4. The number of ketones is 1. The smallest absolute Gasteiger partial charge is 0.261 e. The zero-order valence-electron chi connectivity index (χ0n) is 18.5. The summed E-state index contributed by atoms with van der Waals surface area (Å²) in [5.74, 6) is 0.114. The van der Waals surface area contributed by atoms with Crippen LogP contribution in [0.4, 0.5) is 5.69 Å². The maximum Gasteiger partial charge on any atom is 0.261 e. The van der Waals surface area contributed by atoms with E-state index >= 15 is 0 Å². The van der Waals surface area contributed by atoms with Crippen molar-refractivity contribution in [1.82, 2.24) is 0 Å². The molecule has 0 aliphatic rings. The minimum absolute atomic E-state index is 0.0509. The highest BCUT2D eigenvalue weighted by atomic mass is 32.2. The monoisotopic (exact) mass is 445 g/mol. The highest BCUT2D eigenvalue weighted by molar-refractivity contribution is 7.92. The van der Waals surface area contributed by atoms with Gasteiger partial charge >= 0.3 is 0 Å². The van der Waals surface area contributed by atoms with Gasteiger partial charge in [-0.05, 0) is 42.8 Å². The Bertz CT molecular complexity index is 890. The molecule has 2 aromatic rings. The average Bonchev–Trinajstić information content (AvgIpc) is 2.76. The lowest BCUT2D eigenvalue weighted by Gasteiger charge is -2.09. The molecule has 0 heterocycles. The highest BCUT2D eigenvalue weighted by Gasteiger charge is 2.15. The second kappa shape index (κ2) is 13.2. The minimum Gasteiger partial charge on any atom is -0.508 e. The van der Waals surface area contributed by atoms with Crippen molar-refractivity contribution in [3.63, 3.8) is 0 Å². The molecule has 0 spiro atoms. The molecule has 0 fully saturated rings. The van der Waals surface area contributed by atoms with Gasteiger partial charge in [-0.2, -0.15) is 0 Å². The van der Waals surface area contributed by atoms with E-state index in [9.17, 15) is 18.3 Å². The van der Waals surface area contributed by atoms with Crippen LogP contribution in [-0.2, 0) is 10.0 Å². The van der Waals surface area contributed by atoms with Crippen LogP contribution < -0.4 is 4.72 Å². The number of nitrogens with one attached hydrogen (secondary N) is 1. The van der Waals surface area contributed by atoms with Gasteiger partial charge in [-0.3, -0.25) is 9.52 Å². The van der Waals surface area contributed by atoms with Crippen molar-refractivity contribution >= 4 is 21.5 Å². The quantitative estimate of drug-likeness (QED) is 0.182. The average molecular weight is 446 g/mol. The Labute approximate surface area is 186 Å². The van der Waals surface area contributed by atoms with Gasteiger partial charge in [0, 0.05) is 17.7 Å². The molecule has 5 nitrogen and oxygen atoms in total. The Morgan fingerprint density at radius 3 is 1.84 bits per heavy atom. The van der Waals surface area contributed by atoms with Gasteiger partial charge < -0.3 is 5.11 Å². The largest absolute Gasteiger partial charge is 0.508 e. The molecule has 0 aliphatic carbocycles. The fourth-order valence-electron chi connectivity index (χ4n) is 3.48. The number of sulfonamides is 1. The molecule has 2 aromatic carbocycles. The SMILES string of the molecule is CCCCCCCCCCCCC(=O)c1ccc(S(=O)(=O)Nc2ccc(O)cc2)cc1. The maximum atomic E-state index is 12.5. The van der Waals surface area contributed by atoms with Crippen molar-refractivity contribution in [2.24, 2.45) is 0 Å². The molecule has 0 radical (unpaired) electrons. The van der Waals surface area contributed by atoms with Crippen molar-refractivity contribution < 1.29 is 18.3 Å². The first-order chi connectivity index (χ1) is 14.9. The summed E-state index contributed by atoms with van der Waals surface area (Å²) in [6.07, 6.45) is 12.7. The molecule has 0 unspecified atom stereocenters. The van der Waals surface area contributed by atoms with Gasteiger partial charge in [0.1, 0.15) is 5.75 Å². The molecule has 0 saturated carbocycles. The van der Waals surface area contributed by atoms with Crippen molar-refractivity contribution in [1.29, 1.82) is 0 Å². The molecule has 0 bridgehead atoms. The molecule has 2 rings (SSSR count). The molecular weight excluding hydrogens is 410 g/mol. The summed E-state index contributed by atoms with van der Waals surface area (Å²) in [6.45, 7) is 2.23. The maximum absolute atomic E-state index is 12.5. The lowest BCUT2D eigenvalue weighted by molar-refractivity contribution is 0.0979. The number of aromatic hydroxyl groups is 1. The third-order valence-electron chi connectivity index (χ3n) is 5.36. The highest BCUT2D eigenvalue weighted by Crippen LogP contribution is 2.20. The summed E-state index contributed by atoms with van der Waals surface area (Å²) < 4.78 is 27.4. The molecule has 170 valence electrons. The first-order valence-electron chi connectivity index (χ1n) is 11.4. The van der Waals surface area contributed by atoms with E-state index in [1.807, 2.05) is 0 Å². The first-order valence-corrected chi connectivity index (χ1v) is 12.9. The standard InChI is InChI=1S/C25H35NO4S/c1-2-3-4-5-6-7-8-9-10-11-12-25(28)21-13-19-24(20-14-21)31(29,30)26-22-15-17-23(27)18-16-22/h13-20,26-27H,2-12H2,1H3. The predicted octanol–water partition coefficient (Wildman–Crippen LogP) is 6.69. The third kappa shape index (κ3) is 9.13. The molecule has 0 atom stereocenters. The molecule has 0 amide bonds. The number of carbonyl (C=O) groups excluding carboxylic acids is 1. The molecule has 0 aliphatic heterocycles. The van der Waals surface area contributed by atoms with E-state index < -0.39 is 10.0 Å². The Kier molecular flexibility index (Phi) is 10.6. The normalized spacial score (nSPS) is 11.4. The van der Waals surface area contributed by atoms with Crippen molar-refractivity contribution in [3.05, 3.63) is 54.1 Å². The Morgan fingerprint density at radius 2 is 1.29 bits per heavy atom. The topological polar surface area (TPSA) is 83.5 Å². The van der Waals surface area contributed by atoms with Crippen molar-refractivity contribution in [2.75, 3.05) is 4.72 Å². The number of Topliss-reactive ketones (excluding diaryl/α,β-unsaturated/α-hetero) is 1. The predicted molar refractivity (Wildman–Crippen MR) is 126 cm³/mol. The van der Waals surface area contributed by atoms with E-state index in [0.717, 1.165) is 12.8 Å². The van der Waals surface area contributed by atoms with E-state index in [1.54, 1.807) is 12.1 Å². The van der Waals surface area contributed by atoms with Gasteiger partial charge in [-0.1, -0.05) is 76.8 Å². The zero-order valence-corrected chi connectivity index (χ0v) is 19.3. The third-order valence-corrected chi connectivity index (χ3v) is 6.76. The number of phenolic OH excluding ortho intramolecular Hbond substituents is 1. The van der Waals surface area contributed by atoms with E-state index in [-0.39, 0.29) is 16.4 Å². The van der Waals surface area contributed by atoms with E-state index in [4.69, 9.17) is 0 Å². The van der Waals surface area contributed by atoms with Gasteiger partial charge in [-0.25, -0.2) is 8.42 Å². The molecule has 2 N–H and O–H groups in total. The van der Waals surface area contributed by atoms with Crippen LogP contribution in [0.5, 0.6) is 5.75 Å². The zero-order chi connectivity index (χ0) is 22.5. The van der Waals surface area contributed by atoms with Crippen LogP contribution >= 0.6 is 0 Å². The lowest BCUT2D eigenvalue weighted by Crippen LogP contribution is -2.13. The van der Waals surface area contributed by atoms with Crippen LogP contribution in [0.1, 0.15) is 87.9 Å². The number of carbonyl (C=O) groups is 1. The molecule has 31 heavy (non-hydrogen) atoms. The Morgan fingerprint density at radius 1 is 0.774 bits per heavy atom. The lowest BCUT2D eigenvalue weighted by atomic mass is 10.0. The Balaban J connectivity index is 1.72. The number of unbranched alkanes of at least 4 members (excludes halogenated alkanes) is 9. The van der Waals surface area contributed by atoms with Crippen LogP contribution in [0, 0.1) is 0 Å². The van der Waals surface area contributed by atoms with Crippen molar-refractivity contribution in [3.8, 4) is 5.75 Å². The molecular formula is C25H35NO4S. The summed E-state index contributed by atoms with van der Waals surface area (Å²) in [5.41, 5.74) is 0.901. The molecule has 6 heteroatoms. The van der Waals surface area contributed by atoms with Crippen LogP contribution in [0.15, 0.2) is 53.4 Å². The fraction of sp³-hybridized carbons (Fsp3) is 0.480. The van der Waals surface area contributed by atoms with E-state index in [1.165, 1.54) is 87.8 Å². The summed E-state index contributed by atoms with van der Waals surface area (Å²) in [4.78, 5) is 12.5. The summed E-state index contributed by atoms with van der Waals surface area (Å²) in [5, 5.41) is 9.30. The van der Waals surface area contributed by atoms with Gasteiger partial charge in [0.2, 0.25) is 0 Å². The van der Waals surface area contributed by atoms with Crippen LogP contribution in [-0.4, -0.2) is 19.3 Å². The second-order valence-electron chi connectivity index (χ2n) is 8.03. The molecule has 0 aromatic heterocycles. The summed E-state index contributed by atoms with van der Waals surface area (Å²) >= 11 is 0. The van der Waals surface area contributed by atoms with E-state index in [2.05, 4.69) is 11.6 Å². The van der Waals surface area contributed by atoms with Crippen LogP contribution in [0.2, 0.25) is 0 Å². The summed E-state index contributed by atoms with van der Waals surface area (Å²) in [6, 6.07) is 11.8. The number of rotatable bonds is 15. The van der Waals surface area contributed by atoms with Crippen LogP contribution in [0.3, 0.4) is 0 Å². The first kappa shape index (κ1) is 24.9. The van der Waals surface area contributed by atoms with Gasteiger partial charge in [0.25, 0.3) is 10.0 Å². The van der Waals surface area contributed by atoms with Gasteiger partial charge in [0.05, 0.1) is 4.90 Å². The van der Waals surface area contributed by atoms with Crippen molar-refractivity contribution in [2.45, 2.75) is 82.4 Å². The van der Waals surface area contributed by atoms with Gasteiger partial charge in [-0.15, -0.1) is 0 Å². The number of benzene rings is 2. The number of hydrogen-bond donors (Lipinski definition) is 2. The number of phenols is 1. The minimum atomic E-state index is -3.75. The summed E-state index contributed by atoms with van der Waals surface area (Å²) in [7, 11) is -3.75. The Hall–Kier alpha value is -2.34.